The van der Waals surface area contributed by atoms with E-state index in [0.29, 0.717) is 16.4 Å². The van der Waals surface area contributed by atoms with E-state index >= 15 is 0 Å². The number of urea groups is 1. The number of hydroxylamine groups is 2. The first-order valence-corrected chi connectivity index (χ1v) is 7.34. The van der Waals surface area contributed by atoms with Crippen LogP contribution in [0.2, 0.25) is 0 Å². The van der Waals surface area contributed by atoms with Crippen molar-refractivity contribution < 1.29 is 26.5 Å². The van der Waals surface area contributed by atoms with Crippen LogP contribution < -0.4 is 5.73 Å². The van der Waals surface area contributed by atoms with E-state index in [1.165, 1.54) is 17.5 Å². The molecule has 0 spiro atoms. The van der Waals surface area contributed by atoms with Crippen LogP contribution >= 0.6 is 0 Å². The fraction of sp³-hybridized carbons (Fsp3) is 0.400. The Hall–Kier alpha value is -1.95. The number of rotatable bonds is 4. The Morgan fingerprint density at radius 2 is 2.33 bits per heavy atom. The number of carbonyl (C=O) groups excluding carboxylic acids is 1. The summed E-state index contributed by atoms with van der Waals surface area (Å²) in [5, 5.41) is 0.597. The fourth-order valence-corrected chi connectivity index (χ4v) is 2.86. The summed E-state index contributed by atoms with van der Waals surface area (Å²) in [6, 6.07) is -1.86. The molecule has 1 aromatic heterocycles. The van der Waals surface area contributed by atoms with Crippen molar-refractivity contribution in [1.82, 2.24) is 14.9 Å². The molecule has 1 aromatic rings. The summed E-state index contributed by atoms with van der Waals surface area (Å²) in [7, 11) is -4.82. The van der Waals surface area contributed by atoms with E-state index < -0.39 is 28.5 Å². The number of fused-ring (bicyclic) bond motifs is 2. The van der Waals surface area contributed by atoms with Gasteiger partial charge >= 0.3 is 16.4 Å². The zero-order chi connectivity index (χ0) is 15.2. The molecule has 1 fully saturated rings. The zero-order valence-electron chi connectivity index (χ0n) is 10.6. The first kappa shape index (κ1) is 14.0. The van der Waals surface area contributed by atoms with Crippen LogP contribution in [-0.2, 0) is 14.7 Å². The van der Waals surface area contributed by atoms with Gasteiger partial charge in [0.25, 0.3) is 0 Å². The molecular weight excluding hydrogens is 304 g/mol. The highest BCUT2D eigenvalue weighted by Crippen LogP contribution is 2.35. The molecule has 0 aliphatic carbocycles. The van der Waals surface area contributed by atoms with Crippen LogP contribution in [0, 0.1) is 0 Å². The standard InChI is InChI=1S/C10H12N4O6S/c11-2-6-1-7(9-3-12-5-19-9)8-4-13(6)10(15)14(8)20-21(16,17)18/h1,3,5-6,8H,2,4,11H2,(H,16,17,18)/t6-,8+/m1/s1. The van der Waals surface area contributed by atoms with Crippen LogP contribution in [0.25, 0.3) is 5.57 Å². The van der Waals surface area contributed by atoms with Gasteiger partial charge in [0.2, 0.25) is 0 Å². The topological polar surface area (TPSA) is 139 Å². The molecule has 3 N–H and O–H groups in total. The van der Waals surface area contributed by atoms with Crippen molar-refractivity contribution in [1.29, 1.82) is 0 Å². The second-order valence-electron chi connectivity index (χ2n) is 4.57. The van der Waals surface area contributed by atoms with Crippen LogP contribution in [0.1, 0.15) is 5.76 Å². The molecule has 0 saturated carbocycles. The maximum atomic E-state index is 12.2. The molecule has 1 saturated heterocycles. The number of nitrogens with zero attached hydrogens (tertiary/aromatic N) is 3. The van der Waals surface area contributed by atoms with Gasteiger partial charge in [-0.1, -0.05) is 6.08 Å². The Morgan fingerprint density at radius 1 is 1.57 bits per heavy atom. The molecular formula is C10H12N4O6S. The molecule has 2 aliphatic rings. The number of hydrogen-bond acceptors (Lipinski definition) is 7. The molecule has 2 atom stereocenters. The maximum absolute atomic E-state index is 12.2. The maximum Gasteiger partial charge on any atom is 0.418 e. The lowest BCUT2D eigenvalue weighted by atomic mass is 9.98. The van der Waals surface area contributed by atoms with Gasteiger partial charge in [0, 0.05) is 12.1 Å². The summed E-state index contributed by atoms with van der Waals surface area (Å²) < 4.78 is 40.2. The van der Waals surface area contributed by atoms with Gasteiger partial charge in [-0.3, -0.25) is 4.55 Å². The first-order valence-electron chi connectivity index (χ1n) is 5.98. The number of carbonyl (C=O) groups is 1. The lowest BCUT2D eigenvalue weighted by molar-refractivity contribution is -0.0165. The monoisotopic (exact) mass is 316 g/mol. The molecule has 0 radical (unpaired) electrons. The third-order valence-corrected chi connectivity index (χ3v) is 3.70. The van der Waals surface area contributed by atoms with Gasteiger partial charge in [-0.15, -0.1) is 4.28 Å². The van der Waals surface area contributed by atoms with Crippen molar-refractivity contribution in [3.63, 3.8) is 0 Å². The number of aromatic nitrogens is 1. The van der Waals surface area contributed by atoms with Crippen LogP contribution in [-0.4, -0.2) is 59.1 Å². The van der Waals surface area contributed by atoms with E-state index in [1.54, 1.807) is 6.08 Å². The molecule has 114 valence electrons. The fourth-order valence-electron chi connectivity index (χ4n) is 2.49. The van der Waals surface area contributed by atoms with Gasteiger partial charge in [-0.25, -0.2) is 9.78 Å². The van der Waals surface area contributed by atoms with Gasteiger partial charge in [0.15, 0.2) is 12.2 Å². The molecule has 10 nitrogen and oxygen atoms in total. The van der Waals surface area contributed by atoms with Crippen LogP contribution in [0.5, 0.6) is 0 Å². The summed E-state index contributed by atoms with van der Waals surface area (Å²) >= 11 is 0. The van der Waals surface area contributed by atoms with E-state index in [1.807, 2.05) is 0 Å². The van der Waals surface area contributed by atoms with Gasteiger partial charge in [0.1, 0.15) is 6.04 Å². The van der Waals surface area contributed by atoms with Gasteiger partial charge in [-0.05, 0) is 0 Å². The molecule has 3 rings (SSSR count). The van der Waals surface area contributed by atoms with Crippen molar-refractivity contribution in [2.75, 3.05) is 13.1 Å². The Labute approximate surface area is 119 Å². The number of oxazole rings is 1. The first-order chi connectivity index (χ1) is 9.90. The largest absolute Gasteiger partial charge is 0.444 e. The summed E-state index contributed by atoms with van der Waals surface area (Å²) in [5.41, 5.74) is 6.15. The third kappa shape index (κ3) is 2.40. The highest BCUT2D eigenvalue weighted by atomic mass is 32.3. The van der Waals surface area contributed by atoms with Crippen LogP contribution in [0.4, 0.5) is 4.79 Å². The molecule has 2 amide bonds. The number of hydrogen-bond donors (Lipinski definition) is 2. The second kappa shape index (κ2) is 4.80. The quantitative estimate of drug-likeness (QED) is 0.691. The Bertz CT molecular complexity index is 684. The Morgan fingerprint density at radius 3 is 2.90 bits per heavy atom. The van der Waals surface area contributed by atoms with E-state index in [4.69, 9.17) is 14.7 Å². The van der Waals surface area contributed by atoms with Crippen LogP contribution in [0.15, 0.2) is 23.1 Å². The third-order valence-electron chi connectivity index (χ3n) is 3.35. The van der Waals surface area contributed by atoms with E-state index in [0.717, 1.165) is 0 Å². The SMILES string of the molecule is NC[C@H]1C=C(c2cnco2)[C@@H]2CN1C(=O)N2OS(=O)(=O)O. The average Bonchev–Trinajstić information content (AvgIpc) is 3.02. The average molecular weight is 316 g/mol. The number of nitrogens with two attached hydrogens (primary N) is 1. The Kier molecular flexibility index (Phi) is 3.20. The molecule has 21 heavy (non-hydrogen) atoms. The molecule has 2 aliphatic heterocycles. The predicted molar refractivity (Wildman–Crippen MR) is 67.7 cm³/mol. The molecule has 0 aromatic carbocycles. The van der Waals surface area contributed by atoms with Crippen molar-refractivity contribution >= 4 is 22.0 Å². The predicted octanol–water partition coefficient (Wildman–Crippen LogP) is -0.760. The normalized spacial score (nSPS) is 25.4. The van der Waals surface area contributed by atoms with Crippen molar-refractivity contribution in [2.45, 2.75) is 12.1 Å². The summed E-state index contributed by atoms with van der Waals surface area (Å²) in [4.78, 5) is 17.3. The molecule has 3 heterocycles. The molecule has 11 heteroatoms. The minimum Gasteiger partial charge on any atom is -0.444 e. The zero-order valence-corrected chi connectivity index (χ0v) is 11.4. The lowest BCUT2D eigenvalue weighted by Crippen LogP contribution is -2.43. The Balaban J connectivity index is 2.01. The number of amides is 2. The van der Waals surface area contributed by atoms with Gasteiger partial charge in [-0.2, -0.15) is 13.5 Å². The summed E-state index contributed by atoms with van der Waals surface area (Å²) in [6.45, 7) is 0.318. The highest BCUT2D eigenvalue weighted by Gasteiger charge is 2.48. The van der Waals surface area contributed by atoms with Gasteiger partial charge in [0.05, 0.1) is 18.8 Å². The van der Waals surface area contributed by atoms with Crippen molar-refractivity contribution in [2.24, 2.45) is 5.73 Å². The van der Waals surface area contributed by atoms with E-state index in [9.17, 15) is 13.2 Å². The smallest absolute Gasteiger partial charge is 0.418 e. The lowest BCUT2D eigenvalue weighted by Gasteiger charge is -2.27. The second-order valence-corrected chi connectivity index (χ2v) is 5.57. The summed E-state index contributed by atoms with van der Waals surface area (Å²) in [6.07, 6.45) is 4.34. The van der Waals surface area contributed by atoms with Crippen LogP contribution in [0.3, 0.4) is 0 Å². The van der Waals surface area contributed by atoms with Gasteiger partial charge < -0.3 is 15.1 Å². The van der Waals surface area contributed by atoms with E-state index in [-0.39, 0.29) is 13.1 Å². The molecule has 2 bridgehead atoms. The van der Waals surface area contributed by atoms with Crippen molar-refractivity contribution in [3.8, 4) is 0 Å². The summed E-state index contributed by atoms with van der Waals surface area (Å²) in [5.74, 6) is 0.372. The molecule has 0 unspecified atom stereocenters. The minimum atomic E-state index is -4.82. The van der Waals surface area contributed by atoms with Crippen molar-refractivity contribution in [3.05, 3.63) is 24.4 Å². The van der Waals surface area contributed by atoms with E-state index in [2.05, 4.69) is 9.27 Å². The highest BCUT2D eigenvalue weighted by molar-refractivity contribution is 7.80. The minimum absolute atomic E-state index is 0.149.